The van der Waals surface area contributed by atoms with Crippen LogP contribution in [0.25, 0.3) is 0 Å². The van der Waals surface area contributed by atoms with Gasteiger partial charge in [0.05, 0.1) is 10.6 Å². The standard InChI is InChI=1S/C19H12Cl2F3N3O2/c20-16-6-3-12(9-15(16)19(22,23)24)27-18(28)26-11-1-4-13(5-2-11)29-14-7-8-25-17(21)10-14/h1-10H,(H2,26,27,28). The fourth-order valence-corrected chi connectivity index (χ4v) is 2.69. The lowest BCUT2D eigenvalue weighted by Crippen LogP contribution is -2.19. The Kier molecular flexibility index (Phi) is 6.14. The topological polar surface area (TPSA) is 63.2 Å². The molecule has 0 aliphatic rings. The predicted molar refractivity (Wildman–Crippen MR) is 105 cm³/mol. The first kappa shape index (κ1) is 20.8. The highest BCUT2D eigenvalue weighted by Crippen LogP contribution is 2.36. The van der Waals surface area contributed by atoms with Crippen molar-refractivity contribution >= 4 is 40.6 Å². The van der Waals surface area contributed by atoms with E-state index in [1.807, 2.05) is 0 Å². The number of pyridine rings is 1. The van der Waals surface area contributed by atoms with E-state index in [9.17, 15) is 18.0 Å². The number of nitrogens with zero attached hydrogens (tertiary/aromatic N) is 1. The van der Waals surface area contributed by atoms with Crippen LogP contribution in [-0.2, 0) is 6.18 Å². The molecule has 1 aromatic heterocycles. The molecule has 0 aliphatic carbocycles. The third-order valence-electron chi connectivity index (χ3n) is 3.58. The summed E-state index contributed by atoms with van der Waals surface area (Å²) < 4.78 is 44.3. The van der Waals surface area contributed by atoms with E-state index in [0.29, 0.717) is 17.2 Å². The molecule has 2 N–H and O–H groups in total. The van der Waals surface area contributed by atoms with Gasteiger partial charge in [0.1, 0.15) is 16.7 Å². The van der Waals surface area contributed by atoms with Crippen molar-refractivity contribution in [3.63, 3.8) is 0 Å². The summed E-state index contributed by atoms with van der Waals surface area (Å²) in [5, 5.41) is 4.68. The molecule has 29 heavy (non-hydrogen) atoms. The molecule has 0 atom stereocenters. The van der Waals surface area contributed by atoms with Crippen molar-refractivity contribution in [3.8, 4) is 11.5 Å². The van der Waals surface area contributed by atoms with Crippen LogP contribution in [0, 0.1) is 0 Å². The van der Waals surface area contributed by atoms with Gasteiger partial charge in [-0.25, -0.2) is 9.78 Å². The van der Waals surface area contributed by atoms with Gasteiger partial charge in [-0.15, -0.1) is 0 Å². The van der Waals surface area contributed by atoms with E-state index in [1.54, 1.807) is 36.4 Å². The van der Waals surface area contributed by atoms with Gasteiger partial charge >= 0.3 is 12.2 Å². The summed E-state index contributed by atoms with van der Waals surface area (Å²) in [4.78, 5) is 15.9. The average molecular weight is 442 g/mol. The Balaban J connectivity index is 1.62. The molecule has 3 rings (SSSR count). The SMILES string of the molecule is O=C(Nc1ccc(Oc2ccnc(Cl)c2)cc1)Nc1ccc(Cl)c(C(F)(F)F)c1. The van der Waals surface area contributed by atoms with Crippen molar-refractivity contribution in [3.05, 3.63) is 76.5 Å². The van der Waals surface area contributed by atoms with Crippen LogP contribution in [0.1, 0.15) is 5.56 Å². The van der Waals surface area contributed by atoms with E-state index in [4.69, 9.17) is 27.9 Å². The Morgan fingerprint density at radius 3 is 2.21 bits per heavy atom. The van der Waals surface area contributed by atoms with Crippen LogP contribution < -0.4 is 15.4 Å². The number of alkyl halides is 3. The largest absolute Gasteiger partial charge is 0.457 e. The lowest BCUT2D eigenvalue weighted by molar-refractivity contribution is -0.137. The molecule has 0 bridgehead atoms. The number of amides is 2. The van der Waals surface area contributed by atoms with Gasteiger partial charge in [0, 0.05) is 23.6 Å². The van der Waals surface area contributed by atoms with E-state index in [1.165, 1.54) is 12.3 Å². The number of urea groups is 1. The van der Waals surface area contributed by atoms with Crippen LogP contribution in [0.3, 0.4) is 0 Å². The van der Waals surface area contributed by atoms with Crippen molar-refractivity contribution in [1.29, 1.82) is 0 Å². The number of anilines is 2. The number of ether oxygens (including phenoxy) is 1. The minimum absolute atomic E-state index is 0.0475. The van der Waals surface area contributed by atoms with Gasteiger partial charge in [-0.3, -0.25) is 0 Å². The summed E-state index contributed by atoms with van der Waals surface area (Å²) >= 11 is 11.3. The predicted octanol–water partition coefficient (Wildman–Crippen LogP) is 6.84. The molecular weight excluding hydrogens is 430 g/mol. The summed E-state index contributed by atoms with van der Waals surface area (Å²) in [5.41, 5.74) is -0.670. The van der Waals surface area contributed by atoms with Gasteiger partial charge in [0.15, 0.2) is 0 Å². The van der Waals surface area contributed by atoms with Crippen LogP contribution in [0.2, 0.25) is 10.2 Å². The highest BCUT2D eigenvalue weighted by atomic mass is 35.5. The van der Waals surface area contributed by atoms with Gasteiger partial charge in [0.2, 0.25) is 0 Å². The van der Waals surface area contributed by atoms with E-state index in [-0.39, 0.29) is 10.8 Å². The van der Waals surface area contributed by atoms with Crippen LogP contribution in [0.4, 0.5) is 29.3 Å². The van der Waals surface area contributed by atoms with Crippen molar-refractivity contribution < 1.29 is 22.7 Å². The lowest BCUT2D eigenvalue weighted by atomic mass is 10.2. The van der Waals surface area contributed by atoms with Gasteiger partial charge in [-0.05, 0) is 48.5 Å². The van der Waals surface area contributed by atoms with Gasteiger partial charge in [-0.1, -0.05) is 23.2 Å². The van der Waals surface area contributed by atoms with E-state index in [2.05, 4.69) is 15.6 Å². The zero-order valence-corrected chi connectivity index (χ0v) is 15.9. The minimum atomic E-state index is -4.62. The Morgan fingerprint density at radius 1 is 0.897 bits per heavy atom. The second-order valence-corrected chi connectivity index (χ2v) is 6.51. The molecular formula is C19H12Cl2F3N3O2. The summed E-state index contributed by atoms with van der Waals surface area (Å²) in [7, 11) is 0. The highest BCUT2D eigenvalue weighted by Gasteiger charge is 2.33. The smallest absolute Gasteiger partial charge is 0.417 e. The number of aromatic nitrogens is 1. The Labute approximate surface area is 173 Å². The third kappa shape index (κ3) is 5.75. The number of carbonyl (C=O) groups excluding carboxylic acids is 1. The van der Waals surface area contributed by atoms with Crippen LogP contribution in [-0.4, -0.2) is 11.0 Å². The molecule has 5 nitrogen and oxygen atoms in total. The van der Waals surface area contributed by atoms with Crippen LogP contribution in [0.15, 0.2) is 60.8 Å². The van der Waals surface area contributed by atoms with Crippen LogP contribution in [0.5, 0.6) is 11.5 Å². The Morgan fingerprint density at radius 2 is 1.55 bits per heavy atom. The molecule has 0 fully saturated rings. The van der Waals surface area contributed by atoms with Gasteiger partial charge < -0.3 is 15.4 Å². The first-order valence-electron chi connectivity index (χ1n) is 8.05. The first-order valence-corrected chi connectivity index (χ1v) is 8.80. The maximum atomic E-state index is 12.9. The number of hydrogen-bond donors (Lipinski definition) is 2. The number of carbonyl (C=O) groups is 1. The zero-order valence-electron chi connectivity index (χ0n) is 14.4. The van der Waals surface area contributed by atoms with Crippen molar-refractivity contribution in [2.75, 3.05) is 10.6 Å². The summed E-state index contributed by atoms with van der Waals surface area (Å²) in [6.07, 6.45) is -3.13. The molecule has 3 aromatic rings. The van der Waals surface area contributed by atoms with E-state index < -0.39 is 22.8 Å². The molecule has 2 amide bonds. The van der Waals surface area contributed by atoms with Gasteiger partial charge in [-0.2, -0.15) is 13.2 Å². The average Bonchev–Trinajstić information content (AvgIpc) is 2.64. The Bertz CT molecular complexity index is 1030. The molecule has 1 heterocycles. The molecule has 0 spiro atoms. The molecule has 2 aromatic carbocycles. The van der Waals surface area contributed by atoms with Gasteiger partial charge in [0.25, 0.3) is 0 Å². The minimum Gasteiger partial charge on any atom is -0.457 e. The summed E-state index contributed by atoms with van der Waals surface area (Å²) in [6.45, 7) is 0. The second-order valence-electron chi connectivity index (χ2n) is 5.71. The number of halogens is 5. The molecule has 0 saturated heterocycles. The van der Waals surface area contributed by atoms with Crippen LogP contribution >= 0.6 is 23.2 Å². The summed E-state index contributed by atoms with van der Waals surface area (Å²) in [5.74, 6) is 0.984. The molecule has 150 valence electrons. The molecule has 0 unspecified atom stereocenters. The number of benzene rings is 2. The van der Waals surface area contributed by atoms with E-state index in [0.717, 1.165) is 12.1 Å². The fourth-order valence-electron chi connectivity index (χ4n) is 2.30. The highest BCUT2D eigenvalue weighted by molar-refractivity contribution is 6.31. The first-order chi connectivity index (χ1) is 13.7. The molecule has 0 aliphatic heterocycles. The quantitative estimate of drug-likeness (QED) is 0.435. The fraction of sp³-hybridized carbons (Fsp3) is 0.0526. The number of hydrogen-bond acceptors (Lipinski definition) is 3. The maximum absolute atomic E-state index is 12.9. The molecule has 0 radical (unpaired) electrons. The third-order valence-corrected chi connectivity index (χ3v) is 4.11. The van der Waals surface area contributed by atoms with E-state index >= 15 is 0 Å². The van der Waals surface area contributed by atoms with Crippen molar-refractivity contribution in [2.45, 2.75) is 6.18 Å². The second kappa shape index (κ2) is 8.59. The zero-order chi connectivity index (χ0) is 21.0. The monoisotopic (exact) mass is 441 g/mol. The normalized spacial score (nSPS) is 11.1. The Hall–Kier alpha value is -2.97. The summed E-state index contributed by atoms with van der Waals surface area (Å²) in [6, 6.07) is 11.9. The number of rotatable bonds is 4. The van der Waals surface area contributed by atoms with Crippen molar-refractivity contribution in [1.82, 2.24) is 4.98 Å². The maximum Gasteiger partial charge on any atom is 0.417 e. The van der Waals surface area contributed by atoms with Crippen molar-refractivity contribution in [2.24, 2.45) is 0 Å². The molecule has 10 heteroatoms. The number of nitrogens with one attached hydrogen (secondary N) is 2. The molecule has 0 saturated carbocycles. The lowest BCUT2D eigenvalue weighted by Gasteiger charge is -2.12.